The first kappa shape index (κ1) is 21.6. The lowest BCUT2D eigenvalue weighted by Crippen LogP contribution is -2.27. The molecule has 1 aliphatic heterocycles. The molecule has 0 unspecified atom stereocenters. The van der Waals surface area contributed by atoms with Crippen molar-refractivity contribution in [1.29, 1.82) is 0 Å². The van der Waals surface area contributed by atoms with Crippen LogP contribution >= 0.6 is 11.3 Å². The first-order valence-electron chi connectivity index (χ1n) is 10.1. The molecule has 3 amide bonds. The summed E-state index contributed by atoms with van der Waals surface area (Å²) < 4.78 is 5.35. The van der Waals surface area contributed by atoms with E-state index in [-0.39, 0.29) is 18.2 Å². The number of thiophene rings is 1. The van der Waals surface area contributed by atoms with Crippen LogP contribution in [-0.4, -0.2) is 23.5 Å². The molecule has 0 atom stereocenters. The molecule has 2 heterocycles. The van der Waals surface area contributed by atoms with Crippen molar-refractivity contribution >= 4 is 46.3 Å². The first-order valence-corrected chi connectivity index (χ1v) is 11.0. The Kier molecular flexibility index (Phi) is 5.71. The smallest absolute Gasteiger partial charge is 0.412 e. The minimum Gasteiger partial charge on any atom is -0.444 e. The van der Waals surface area contributed by atoms with Gasteiger partial charge in [0.15, 0.2) is 0 Å². The largest absolute Gasteiger partial charge is 0.444 e. The Bertz CT molecular complexity index is 1200. The molecular formula is C24H23N3O4S. The maximum Gasteiger partial charge on any atom is 0.412 e. The van der Waals surface area contributed by atoms with Crippen LogP contribution in [0, 0.1) is 0 Å². The van der Waals surface area contributed by atoms with Gasteiger partial charge in [-0.25, -0.2) is 4.79 Å². The third-order valence-corrected chi connectivity index (χ3v) is 5.62. The molecule has 0 spiro atoms. The number of fused-ring (bicyclic) bond motifs is 1. The summed E-state index contributed by atoms with van der Waals surface area (Å²) in [6.45, 7) is 5.34. The fourth-order valence-electron chi connectivity index (χ4n) is 3.33. The normalized spacial score (nSPS) is 12.7. The van der Waals surface area contributed by atoms with Gasteiger partial charge in [-0.15, -0.1) is 11.3 Å². The fraction of sp³-hybridized carbons (Fsp3) is 0.208. The summed E-state index contributed by atoms with van der Waals surface area (Å²) >= 11 is 1.58. The summed E-state index contributed by atoms with van der Waals surface area (Å²) in [6, 6.07) is 14.4. The lowest BCUT2D eigenvalue weighted by molar-refractivity contribution is -0.115. The van der Waals surface area contributed by atoms with Crippen molar-refractivity contribution in [2.45, 2.75) is 32.8 Å². The molecule has 0 saturated heterocycles. The average molecular weight is 450 g/mol. The number of benzene rings is 2. The Labute approximate surface area is 189 Å². The van der Waals surface area contributed by atoms with E-state index in [4.69, 9.17) is 4.74 Å². The van der Waals surface area contributed by atoms with Gasteiger partial charge in [0.1, 0.15) is 5.60 Å². The van der Waals surface area contributed by atoms with Crippen LogP contribution < -0.4 is 16.0 Å². The van der Waals surface area contributed by atoms with Crippen LogP contribution in [0.2, 0.25) is 0 Å². The summed E-state index contributed by atoms with van der Waals surface area (Å²) in [5, 5.41) is 10.3. The molecule has 32 heavy (non-hydrogen) atoms. The van der Waals surface area contributed by atoms with E-state index >= 15 is 0 Å². The molecule has 3 aromatic rings. The van der Waals surface area contributed by atoms with Gasteiger partial charge in [0.05, 0.1) is 17.8 Å². The van der Waals surface area contributed by atoms with E-state index in [0.717, 1.165) is 21.7 Å². The van der Waals surface area contributed by atoms with Crippen LogP contribution in [-0.2, 0) is 16.0 Å². The third-order valence-electron chi connectivity index (χ3n) is 4.70. The molecule has 8 heteroatoms. The maximum atomic E-state index is 13.0. The SMILES string of the molecule is CC(C)(C)OC(=O)Nc1ccc(-c2cccs2)cc1NC(=O)c1ccc2c(c1)CC(=O)N2. The van der Waals surface area contributed by atoms with Gasteiger partial charge in [-0.05, 0) is 73.7 Å². The molecular weight excluding hydrogens is 426 g/mol. The second kappa shape index (κ2) is 8.47. The lowest BCUT2D eigenvalue weighted by atomic mass is 10.1. The van der Waals surface area contributed by atoms with Crippen LogP contribution in [0.3, 0.4) is 0 Å². The molecule has 3 N–H and O–H groups in total. The molecule has 1 aromatic heterocycles. The average Bonchev–Trinajstić information content (AvgIpc) is 3.36. The van der Waals surface area contributed by atoms with E-state index in [1.165, 1.54) is 0 Å². The zero-order valence-corrected chi connectivity index (χ0v) is 18.8. The number of anilines is 3. The van der Waals surface area contributed by atoms with Crippen molar-refractivity contribution in [2.24, 2.45) is 0 Å². The number of rotatable bonds is 4. The van der Waals surface area contributed by atoms with Gasteiger partial charge in [-0.3, -0.25) is 14.9 Å². The molecule has 1 aliphatic rings. The Morgan fingerprint density at radius 3 is 2.56 bits per heavy atom. The number of hydrogen-bond donors (Lipinski definition) is 3. The van der Waals surface area contributed by atoms with Gasteiger partial charge in [0.2, 0.25) is 5.91 Å². The van der Waals surface area contributed by atoms with Gasteiger partial charge in [0, 0.05) is 16.1 Å². The highest BCUT2D eigenvalue weighted by molar-refractivity contribution is 7.13. The summed E-state index contributed by atoms with van der Waals surface area (Å²) in [6.07, 6.45) is -0.366. The van der Waals surface area contributed by atoms with Crippen molar-refractivity contribution in [3.05, 3.63) is 65.0 Å². The zero-order chi connectivity index (χ0) is 22.9. The Morgan fingerprint density at radius 2 is 1.84 bits per heavy atom. The van der Waals surface area contributed by atoms with Crippen LogP contribution in [0.1, 0.15) is 36.7 Å². The van der Waals surface area contributed by atoms with Crippen molar-refractivity contribution in [2.75, 3.05) is 16.0 Å². The monoisotopic (exact) mass is 449 g/mol. The predicted octanol–water partition coefficient (Wildman–Crippen LogP) is 5.51. The summed E-state index contributed by atoms with van der Waals surface area (Å²) in [7, 11) is 0. The second-order valence-electron chi connectivity index (χ2n) is 8.42. The molecule has 0 fully saturated rings. The summed E-state index contributed by atoms with van der Waals surface area (Å²) in [5.74, 6) is -0.437. The lowest BCUT2D eigenvalue weighted by Gasteiger charge is -2.21. The first-order chi connectivity index (χ1) is 15.2. The third kappa shape index (κ3) is 4.97. The van der Waals surface area contributed by atoms with Crippen LogP contribution in [0.5, 0.6) is 0 Å². The van der Waals surface area contributed by atoms with Crippen LogP contribution in [0.25, 0.3) is 10.4 Å². The fourth-order valence-corrected chi connectivity index (χ4v) is 4.06. The molecule has 7 nitrogen and oxygen atoms in total. The molecule has 4 rings (SSSR count). The van der Waals surface area contributed by atoms with E-state index < -0.39 is 11.7 Å². The van der Waals surface area contributed by atoms with E-state index in [1.807, 2.05) is 29.6 Å². The Balaban J connectivity index is 1.62. The van der Waals surface area contributed by atoms with Crippen molar-refractivity contribution in [1.82, 2.24) is 0 Å². The van der Waals surface area contributed by atoms with Crippen molar-refractivity contribution in [3.63, 3.8) is 0 Å². The molecule has 164 valence electrons. The Morgan fingerprint density at radius 1 is 1.03 bits per heavy atom. The predicted molar refractivity (Wildman–Crippen MR) is 126 cm³/mol. The molecule has 0 bridgehead atoms. The second-order valence-corrected chi connectivity index (χ2v) is 9.36. The highest BCUT2D eigenvalue weighted by Crippen LogP contribution is 2.32. The topological polar surface area (TPSA) is 96.5 Å². The standard InChI is InChI=1S/C24H23N3O4S/c1-24(2,3)31-23(30)27-18-9-6-14(20-5-4-10-32-20)12-19(18)26-22(29)15-7-8-17-16(11-15)13-21(28)25-17/h4-12H,13H2,1-3H3,(H,25,28)(H,26,29)(H,27,30). The van der Waals surface area contributed by atoms with Crippen molar-refractivity contribution < 1.29 is 19.1 Å². The highest BCUT2D eigenvalue weighted by Gasteiger charge is 2.21. The van der Waals surface area contributed by atoms with Gasteiger partial charge < -0.3 is 15.4 Å². The van der Waals surface area contributed by atoms with Gasteiger partial charge in [-0.2, -0.15) is 0 Å². The Hall–Kier alpha value is -3.65. The van der Waals surface area contributed by atoms with Gasteiger partial charge in [0.25, 0.3) is 5.91 Å². The number of amides is 3. The quantitative estimate of drug-likeness (QED) is 0.489. The molecule has 0 saturated carbocycles. The highest BCUT2D eigenvalue weighted by atomic mass is 32.1. The van der Waals surface area contributed by atoms with Gasteiger partial charge >= 0.3 is 6.09 Å². The summed E-state index contributed by atoms with van der Waals surface area (Å²) in [5.41, 5.74) is 3.05. The number of ether oxygens (including phenoxy) is 1. The van der Waals surface area contributed by atoms with Gasteiger partial charge in [-0.1, -0.05) is 12.1 Å². The number of carbonyl (C=O) groups excluding carboxylic acids is 3. The van der Waals surface area contributed by atoms with Crippen LogP contribution in [0.4, 0.5) is 21.9 Å². The van der Waals surface area contributed by atoms with E-state index in [9.17, 15) is 14.4 Å². The number of nitrogens with one attached hydrogen (secondary N) is 3. The van der Waals surface area contributed by atoms with E-state index in [2.05, 4.69) is 16.0 Å². The van der Waals surface area contributed by atoms with E-state index in [0.29, 0.717) is 16.9 Å². The van der Waals surface area contributed by atoms with Crippen LogP contribution in [0.15, 0.2) is 53.9 Å². The van der Waals surface area contributed by atoms with Crippen molar-refractivity contribution in [3.8, 4) is 10.4 Å². The number of hydrogen-bond acceptors (Lipinski definition) is 5. The molecule has 2 aromatic carbocycles. The minimum absolute atomic E-state index is 0.0925. The minimum atomic E-state index is -0.652. The summed E-state index contributed by atoms with van der Waals surface area (Å²) in [4.78, 5) is 38.0. The maximum absolute atomic E-state index is 13.0. The van der Waals surface area contributed by atoms with E-state index in [1.54, 1.807) is 56.4 Å². The molecule has 0 radical (unpaired) electrons. The zero-order valence-electron chi connectivity index (χ0n) is 17.9. The number of carbonyl (C=O) groups is 3. The molecule has 0 aliphatic carbocycles.